The van der Waals surface area contributed by atoms with Crippen LogP contribution in [0.5, 0.6) is 0 Å². The number of likely N-dealkylation sites (tertiary alicyclic amines) is 2. The minimum atomic E-state index is -0.338. The summed E-state index contributed by atoms with van der Waals surface area (Å²) < 4.78 is 5.63. The first kappa shape index (κ1) is 40.5. The van der Waals surface area contributed by atoms with Crippen molar-refractivity contribution in [2.75, 3.05) is 52.5 Å². The molecule has 11 heteroatoms. The van der Waals surface area contributed by atoms with Crippen molar-refractivity contribution in [3.63, 3.8) is 0 Å². The van der Waals surface area contributed by atoms with Gasteiger partial charge in [0.05, 0.1) is 49.1 Å². The average Bonchev–Trinajstić information content (AvgIpc) is 4.17. The van der Waals surface area contributed by atoms with Gasteiger partial charge in [-0.1, -0.05) is 123 Å². The largest absolute Gasteiger partial charge is 0.379 e. The predicted octanol–water partition coefficient (Wildman–Crippen LogP) is 8.62. The molecule has 3 aliphatic rings. The Kier molecular flexibility index (Phi) is 12.2. The minimum absolute atomic E-state index is 0.0845. The van der Waals surface area contributed by atoms with E-state index in [4.69, 9.17) is 14.7 Å². The molecule has 9 rings (SSSR count). The molecule has 61 heavy (non-hydrogen) atoms. The van der Waals surface area contributed by atoms with Gasteiger partial charge < -0.3 is 24.5 Å². The topological polar surface area (TPSA) is 114 Å². The van der Waals surface area contributed by atoms with Gasteiger partial charge in [0.25, 0.3) is 0 Å². The van der Waals surface area contributed by atoms with E-state index in [0.29, 0.717) is 13.2 Å². The molecule has 4 atom stereocenters. The zero-order valence-electron chi connectivity index (χ0n) is 35.2. The van der Waals surface area contributed by atoms with Crippen LogP contribution >= 0.6 is 0 Å². The van der Waals surface area contributed by atoms with E-state index in [0.717, 1.165) is 121 Å². The first-order chi connectivity index (χ1) is 30.0. The molecule has 0 spiro atoms. The number of ether oxygens (including phenoxy) is 1. The molecule has 0 aliphatic carbocycles. The standard InChI is InChI=1S/C50H56N8O3/c1-3-55(4-2)45(39-13-7-5-8-14-39)49(59)57-27-11-17-43(57)47-51-33-41(53-47)37-23-19-35(20-24-37)36-21-25-38(26-22-36)42-34-52-48(54-42)44-18-12-28-58(44)50(60)46(40-15-9-6-10-16-40)56-29-31-61-32-30-56/h5-10,13-16,19-26,33-34,43-46H,3-4,11-12,17-18,27-32H2,1-2H3,(H,51,53)(H,52,54)/t43-,44-,45?,46+/m0/s1. The smallest absolute Gasteiger partial charge is 0.245 e. The summed E-state index contributed by atoms with van der Waals surface area (Å²) in [5, 5.41) is 0. The van der Waals surface area contributed by atoms with E-state index in [2.05, 4.69) is 106 Å². The lowest BCUT2D eigenvalue weighted by molar-refractivity contribution is -0.140. The zero-order valence-corrected chi connectivity index (χ0v) is 35.2. The molecule has 2 aromatic heterocycles. The van der Waals surface area contributed by atoms with Crippen LogP contribution in [0.15, 0.2) is 122 Å². The maximum Gasteiger partial charge on any atom is 0.245 e. The first-order valence-electron chi connectivity index (χ1n) is 22.1. The highest BCUT2D eigenvalue weighted by atomic mass is 16.5. The van der Waals surface area contributed by atoms with Crippen LogP contribution in [0, 0.1) is 0 Å². The number of likely N-dealkylation sites (N-methyl/N-ethyl adjacent to an activating group) is 1. The summed E-state index contributed by atoms with van der Waals surface area (Å²) in [6, 6.07) is 36.5. The van der Waals surface area contributed by atoms with Crippen LogP contribution < -0.4 is 0 Å². The molecule has 2 N–H and O–H groups in total. The number of nitrogens with one attached hydrogen (secondary N) is 2. The van der Waals surface area contributed by atoms with Crippen molar-refractivity contribution in [3.8, 4) is 33.6 Å². The molecule has 0 radical (unpaired) electrons. The molecule has 4 aromatic carbocycles. The lowest BCUT2D eigenvalue weighted by atomic mass is 10.0. The molecule has 6 aromatic rings. The summed E-state index contributed by atoms with van der Waals surface area (Å²) in [6.45, 7) is 10.0. The second-order valence-corrected chi connectivity index (χ2v) is 16.4. The molecule has 314 valence electrons. The van der Waals surface area contributed by atoms with E-state index in [1.807, 2.05) is 58.6 Å². The highest BCUT2D eigenvalue weighted by molar-refractivity contribution is 5.85. The Morgan fingerprint density at radius 1 is 0.623 bits per heavy atom. The number of morpholine rings is 1. The fraction of sp³-hybridized carbons (Fsp3) is 0.360. The molecule has 11 nitrogen and oxygen atoms in total. The lowest BCUT2D eigenvalue weighted by Gasteiger charge is -2.37. The van der Waals surface area contributed by atoms with Gasteiger partial charge in [-0.3, -0.25) is 19.4 Å². The molecular weight excluding hydrogens is 761 g/mol. The van der Waals surface area contributed by atoms with Crippen molar-refractivity contribution in [1.29, 1.82) is 0 Å². The van der Waals surface area contributed by atoms with Gasteiger partial charge in [0.1, 0.15) is 23.7 Å². The molecule has 5 heterocycles. The van der Waals surface area contributed by atoms with Crippen LogP contribution in [-0.4, -0.2) is 104 Å². The number of nitrogens with zero attached hydrogens (tertiary/aromatic N) is 6. The summed E-state index contributed by atoms with van der Waals surface area (Å²) >= 11 is 0. The van der Waals surface area contributed by atoms with Crippen molar-refractivity contribution in [2.45, 2.75) is 63.7 Å². The van der Waals surface area contributed by atoms with E-state index >= 15 is 0 Å². The van der Waals surface area contributed by atoms with Gasteiger partial charge >= 0.3 is 0 Å². The number of rotatable bonds is 13. The predicted molar refractivity (Wildman–Crippen MR) is 238 cm³/mol. The van der Waals surface area contributed by atoms with Gasteiger partial charge in [-0.05, 0) is 72.2 Å². The number of carbonyl (C=O) groups excluding carboxylic acids is 2. The normalized spacial score (nSPS) is 19.4. The third-order valence-electron chi connectivity index (χ3n) is 12.9. The number of H-pyrrole nitrogens is 2. The van der Waals surface area contributed by atoms with Gasteiger partial charge in [0.2, 0.25) is 11.8 Å². The van der Waals surface area contributed by atoms with Crippen molar-refractivity contribution in [1.82, 2.24) is 39.5 Å². The fourth-order valence-electron chi connectivity index (χ4n) is 9.65. The Morgan fingerprint density at radius 3 is 1.57 bits per heavy atom. The molecule has 3 aliphatic heterocycles. The number of carbonyl (C=O) groups is 2. The van der Waals surface area contributed by atoms with Crippen LogP contribution in [0.1, 0.15) is 86.5 Å². The van der Waals surface area contributed by atoms with Crippen LogP contribution in [-0.2, 0) is 14.3 Å². The molecule has 3 fully saturated rings. The molecule has 1 unspecified atom stereocenters. The third-order valence-corrected chi connectivity index (χ3v) is 12.9. The summed E-state index contributed by atoms with van der Waals surface area (Å²) in [7, 11) is 0. The average molecular weight is 817 g/mol. The van der Waals surface area contributed by atoms with Crippen molar-refractivity contribution >= 4 is 11.8 Å². The number of hydrogen-bond acceptors (Lipinski definition) is 7. The molecule has 3 saturated heterocycles. The Bertz CT molecular complexity index is 2370. The third kappa shape index (κ3) is 8.42. The van der Waals surface area contributed by atoms with Gasteiger partial charge in [0.15, 0.2) is 0 Å². The van der Waals surface area contributed by atoms with E-state index in [1.54, 1.807) is 0 Å². The summed E-state index contributed by atoms with van der Waals surface area (Å²) in [5.41, 5.74) is 8.25. The fourth-order valence-corrected chi connectivity index (χ4v) is 9.65. The van der Waals surface area contributed by atoms with Crippen molar-refractivity contribution in [2.24, 2.45) is 0 Å². The maximum atomic E-state index is 14.3. The summed E-state index contributed by atoms with van der Waals surface area (Å²) in [4.78, 5) is 54.0. The van der Waals surface area contributed by atoms with Crippen LogP contribution in [0.4, 0.5) is 0 Å². The Morgan fingerprint density at radius 2 is 1.08 bits per heavy atom. The number of imidazole rings is 2. The first-order valence-corrected chi connectivity index (χ1v) is 22.1. The lowest BCUT2D eigenvalue weighted by Crippen LogP contribution is -2.47. The second-order valence-electron chi connectivity index (χ2n) is 16.4. The van der Waals surface area contributed by atoms with E-state index in [-0.39, 0.29) is 36.0 Å². The maximum absolute atomic E-state index is 14.3. The van der Waals surface area contributed by atoms with E-state index in [9.17, 15) is 9.59 Å². The van der Waals surface area contributed by atoms with Gasteiger partial charge in [-0.2, -0.15) is 0 Å². The number of benzene rings is 4. The number of amides is 2. The highest BCUT2D eigenvalue weighted by Crippen LogP contribution is 2.38. The van der Waals surface area contributed by atoms with Gasteiger partial charge in [-0.25, -0.2) is 9.97 Å². The Labute approximate surface area is 358 Å². The summed E-state index contributed by atoms with van der Waals surface area (Å²) in [5.74, 6) is 1.94. The summed E-state index contributed by atoms with van der Waals surface area (Å²) in [6.07, 6.45) is 7.44. The Hall–Kier alpha value is -5.88. The zero-order chi connectivity index (χ0) is 41.7. The number of aromatic nitrogens is 4. The van der Waals surface area contributed by atoms with Crippen molar-refractivity contribution < 1.29 is 14.3 Å². The van der Waals surface area contributed by atoms with Crippen molar-refractivity contribution in [3.05, 3.63) is 144 Å². The SMILES string of the molecule is CCN(CC)C(C(=O)N1CCC[C@H]1c1ncc(-c2ccc(-c3ccc(-c4cnc([C@@H]5CCCN5C(=O)[C@@H](c5ccccc5)N5CCOCC5)[nH]4)cc3)cc2)[nH]1)c1ccccc1. The van der Waals surface area contributed by atoms with Crippen LogP contribution in [0.3, 0.4) is 0 Å². The Balaban J connectivity index is 0.864. The molecule has 0 saturated carbocycles. The second kappa shape index (κ2) is 18.4. The number of aromatic amines is 2. The molecule has 2 amide bonds. The molecule has 0 bridgehead atoms. The highest BCUT2D eigenvalue weighted by Gasteiger charge is 2.40. The quantitative estimate of drug-likeness (QED) is 0.120. The molecular formula is C50H56N8O3. The van der Waals surface area contributed by atoms with Crippen LogP contribution in [0.2, 0.25) is 0 Å². The monoisotopic (exact) mass is 816 g/mol. The van der Waals surface area contributed by atoms with Gasteiger partial charge in [0, 0.05) is 26.2 Å². The van der Waals surface area contributed by atoms with Crippen LogP contribution in [0.25, 0.3) is 33.6 Å². The van der Waals surface area contributed by atoms with E-state index in [1.165, 1.54) is 0 Å². The number of hydrogen-bond donors (Lipinski definition) is 2. The minimum Gasteiger partial charge on any atom is -0.379 e. The van der Waals surface area contributed by atoms with E-state index < -0.39 is 0 Å². The van der Waals surface area contributed by atoms with Gasteiger partial charge in [-0.15, -0.1) is 0 Å².